The maximum absolute atomic E-state index is 11.8. The first-order valence-electron chi connectivity index (χ1n) is 6.37. The van der Waals surface area contributed by atoms with Crippen LogP contribution < -0.4 is 20.1 Å². The number of urea groups is 1. The summed E-state index contributed by atoms with van der Waals surface area (Å²) in [5.74, 6) is 1.38. The lowest BCUT2D eigenvalue weighted by Gasteiger charge is -2.27. The zero-order valence-electron chi connectivity index (χ0n) is 10.6. The summed E-state index contributed by atoms with van der Waals surface area (Å²) in [5, 5.41) is 5.74. The molecule has 0 fully saturated rings. The average molecular weight is 268 g/mol. The van der Waals surface area contributed by atoms with Gasteiger partial charge in [-0.3, -0.25) is 0 Å². The Bertz CT molecular complexity index is 685. The molecule has 0 saturated carbocycles. The predicted octanol–water partition coefficient (Wildman–Crippen LogP) is 2.64. The summed E-state index contributed by atoms with van der Waals surface area (Å²) in [4.78, 5) is 11.8. The van der Waals surface area contributed by atoms with Crippen LogP contribution in [-0.2, 0) is 0 Å². The Balaban J connectivity index is 1.86. The van der Waals surface area contributed by atoms with Gasteiger partial charge in [0.15, 0.2) is 11.5 Å². The van der Waals surface area contributed by atoms with E-state index in [4.69, 9.17) is 9.47 Å². The van der Waals surface area contributed by atoms with Crippen molar-refractivity contribution in [1.82, 2.24) is 5.32 Å². The van der Waals surface area contributed by atoms with Crippen LogP contribution in [0.2, 0.25) is 0 Å². The molecule has 2 heterocycles. The largest absolute Gasteiger partial charge is 0.454 e. The Morgan fingerprint density at radius 2 is 1.80 bits per heavy atom. The van der Waals surface area contributed by atoms with Gasteiger partial charge in [0, 0.05) is 11.6 Å². The van der Waals surface area contributed by atoms with Gasteiger partial charge in [-0.25, -0.2) is 4.79 Å². The van der Waals surface area contributed by atoms with E-state index in [2.05, 4.69) is 10.6 Å². The average Bonchev–Trinajstić information content (AvgIpc) is 2.92. The highest BCUT2D eigenvalue weighted by Crippen LogP contribution is 2.42. The normalized spacial score (nSPS) is 19.0. The highest BCUT2D eigenvalue weighted by molar-refractivity contribution is 5.94. The van der Waals surface area contributed by atoms with Crippen LogP contribution in [0.4, 0.5) is 10.5 Å². The van der Waals surface area contributed by atoms with Crippen molar-refractivity contribution < 1.29 is 14.3 Å². The maximum Gasteiger partial charge on any atom is 0.320 e. The molecule has 1 unspecified atom stereocenters. The van der Waals surface area contributed by atoms with Crippen LogP contribution in [0.3, 0.4) is 0 Å². The second kappa shape index (κ2) is 4.16. The summed E-state index contributed by atoms with van der Waals surface area (Å²) in [6, 6.07) is 13.2. The molecule has 2 aromatic rings. The monoisotopic (exact) mass is 268 g/mol. The predicted molar refractivity (Wildman–Crippen MR) is 73.0 cm³/mol. The molecule has 5 heteroatoms. The quantitative estimate of drug-likeness (QED) is 0.835. The summed E-state index contributed by atoms with van der Waals surface area (Å²) in [7, 11) is 0. The molecule has 0 spiro atoms. The number of benzene rings is 2. The van der Waals surface area contributed by atoms with Gasteiger partial charge in [0.2, 0.25) is 6.79 Å². The molecule has 5 nitrogen and oxygen atoms in total. The van der Waals surface area contributed by atoms with Crippen LogP contribution in [0.25, 0.3) is 0 Å². The van der Waals surface area contributed by atoms with Crippen LogP contribution in [0.5, 0.6) is 11.5 Å². The van der Waals surface area contributed by atoms with Crippen molar-refractivity contribution in [3.63, 3.8) is 0 Å². The lowest BCUT2D eigenvalue weighted by atomic mass is 9.95. The molecule has 2 amide bonds. The van der Waals surface area contributed by atoms with E-state index in [1.807, 2.05) is 42.5 Å². The Morgan fingerprint density at radius 1 is 1.05 bits per heavy atom. The minimum atomic E-state index is -0.217. The number of anilines is 1. The topological polar surface area (TPSA) is 59.6 Å². The second-order valence-corrected chi connectivity index (χ2v) is 4.73. The van der Waals surface area contributed by atoms with Crippen LogP contribution in [-0.4, -0.2) is 12.8 Å². The summed E-state index contributed by atoms with van der Waals surface area (Å²) in [6.07, 6.45) is 0. The van der Waals surface area contributed by atoms with E-state index in [0.717, 1.165) is 16.8 Å². The minimum Gasteiger partial charge on any atom is -0.454 e. The van der Waals surface area contributed by atoms with E-state index < -0.39 is 0 Å². The lowest BCUT2D eigenvalue weighted by Crippen LogP contribution is -2.38. The number of carbonyl (C=O) groups excluding carboxylic acids is 1. The third kappa shape index (κ3) is 1.67. The van der Waals surface area contributed by atoms with Crippen LogP contribution in [0.15, 0.2) is 42.5 Å². The third-order valence-corrected chi connectivity index (χ3v) is 3.51. The molecule has 0 radical (unpaired) electrons. The number of carbonyl (C=O) groups is 1. The summed E-state index contributed by atoms with van der Waals surface area (Å²) < 4.78 is 10.8. The van der Waals surface area contributed by atoms with Crippen molar-refractivity contribution in [2.45, 2.75) is 6.04 Å². The molecule has 0 saturated heterocycles. The molecule has 2 aromatic carbocycles. The third-order valence-electron chi connectivity index (χ3n) is 3.51. The Kier molecular flexibility index (Phi) is 2.32. The molecule has 20 heavy (non-hydrogen) atoms. The van der Waals surface area contributed by atoms with Gasteiger partial charge in [-0.1, -0.05) is 30.3 Å². The second-order valence-electron chi connectivity index (χ2n) is 4.73. The van der Waals surface area contributed by atoms with Crippen molar-refractivity contribution in [1.29, 1.82) is 0 Å². The van der Waals surface area contributed by atoms with Crippen molar-refractivity contribution in [2.75, 3.05) is 12.1 Å². The first kappa shape index (κ1) is 11.2. The van der Waals surface area contributed by atoms with E-state index in [1.165, 1.54) is 0 Å². The minimum absolute atomic E-state index is 0.186. The van der Waals surface area contributed by atoms with E-state index in [-0.39, 0.29) is 18.9 Å². The molecule has 2 aliphatic heterocycles. The highest BCUT2D eigenvalue weighted by atomic mass is 16.7. The summed E-state index contributed by atoms with van der Waals surface area (Å²) in [6.45, 7) is 0.218. The van der Waals surface area contributed by atoms with Crippen molar-refractivity contribution in [2.24, 2.45) is 0 Å². The van der Waals surface area contributed by atoms with E-state index >= 15 is 0 Å². The first-order valence-corrected chi connectivity index (χ1v) is 6.37. The fourth-order valence-electron chi connectivity index (χ4n) is 2.58. The lowest BCUT2D eigenvalue weighted by molar-refractivity contribution is 0.174. The highest BCUT2D eigenvalue weighted by Gasteiger charge is 2.28. The van der Waals surface area contributed by atoms with E-state index in [0.29, 0.717) is 11.5 Å². The fourth-order valence-corrected chi connectivity index (χ4v) is 2.58. The van der Waals surface area contributed by atoms with Gasteiger partial charge >= 0.3 is 6.03 Å². The number of nitrogens with one attached hydrogen (secondary N) is 2. The van der Waals surface area contributed by atoms with E-state index in [9.17, 15) is 4.79 Å². The van der Waals surface area contributed by atoms with Gasteiger partial charge in [0.05, 0.1) is 11.7 Å². The fraction of sp³-hybridized carbons (Fsp3) is 0.133. The standard InChI is InChI=1S/C15H12N2O3/c18-15-16-11-7-13-12(19-8-20-13)6-10(11)14(17-15)9-4-2-1-3-5-9/h1-7,14H,8H2,(H2,16,17,18). The van der Waals surface area contributed by atoms with Gasteiger partial charge in [0.25, 0.3) is 0 Å². The number of hydrogen-bond acceptors (Lipinski definition) is 3. The molecular weight excluding hydrogens is 256 g/mol. The molecule has 0 aromatic heterocycles. The number of hydrogen-bond donors (Lipinski definition) is 2. The SMILES string of the molecule is O=C1Nc2cc3c(cc2C(c2ccccc2)N1)OCO3. The number of amides is 2. The van der Waals surface area contributed by atoms with Crippen LogP contribution in [0.1, 0.15) is 17.2 Å². The molecule has 1 atom stereocenters. The van der Waals surface area contributed by atoms with Gasteiger partial charge in [-0.2, -0.15) is 0 Å². The Labute approximate surface area is 115 Å². The summed E-state index contributed by atoms with van der Waals surface area (Å²) >= 11 is 0. The van der Waals surface area contributed by atoms with Gasteiger partial charge in [0.1, 0.15) is 0 Å². The van der Waals surface area contributed by atoms with Crippen molar-refractivity contribution in [3.8, 4) is 11.5 Å². The summed E-state index contributed by atoms with van der Waals surface area (Å²) in [5.41, 5.74) is 2.76. The molecule has 0 bridgehead atoms. The number of fused-ring (bicyclic) bond motifs is 2. The van der Waals surface area contributed by atoms with Gasteiger partial charge in [-0.05, 0) is 11.6 Å². The molecule has 2 aliphatic rings. The van der Waals surface area contributed by atoms with Gasteiger partial charge in [-0.15, -0.1) is 0 Å². The van der Waals surface area contributed by atoms with Gasteiger partial charge < -0.3 is 20.1 Å². The van der Waals surface area contributed by atoms with Crippen molar-refractivity contribution >= 4 is 11.7 Å². The zero-order chi connectivity index (χ0) is 13.5. The number of ether oxygens (including phenoxy) is 2. The van der Waals surface area contributed by atoms with Crippen LogP contribution in [0, 0.1) is 0 Å². The van der Waals surface area contributed by atoms with Crippen LogP contribution >= 0.6 is 0 Å². The van der Waals surface area contributed by atoms with Crippen molar-refractivity contribution in [3.05, 3.63) is 53.6 Å². The molecular formula is C15H12N2O3. The maximum atomic E-state index is 11.8. The van der Waals surface area contributed by atoms with E-state index in [1.54, 1.807) is 0 Å². The Hall–Kier alpha value is -2.69. The Morgan fingerprint density at radius 3 is 2.60 bits per heavy atom. The molecule has 2 N–H and O–H groups in total. The molecule has 100 valence electrons. The zero-order valence-corrected chi connectivity index (χ0v) is 10.6. The molecule has 0 aliphatic carbocycles. The first-order chi connectivity index (χ1) is 9.81. The number of rotatable bonds is 1. The smallest absolute Gasteiger partial charge is 0.320 e. The molecule has 4 rings (SSSR count).